The molecule has 0 aromatic rings. The van der Waals surface area contributed by atoms with Gasteiger partial charge in [-0.05, 0) is 19.8 Å². The molecular formula is C13H22N2O6. The Labute approximate surface area is 123 Å². The average Bonchev–Trinajstić information content (AvgIpc) is 2.92. The second-order valence-corrected chi connectivity index (χ2v) is 5.19. The molecule has 3 N–H and O–H groups in total. The van der Waals surface area contributed by atoms with E-state index >= 15 is 0 Å². The molecule has 1 rings (SSSR count). The Bertz CT molecular complexity index is 398. The van der Waals surface area contributed by atoms with Gasteiger partial charge in [0.15, 0.2) is 0 Å². The van der Waals surface area contributed by atoms with Crippen LogP contribution < -0.4 is 5.32 Å². The predicted octanol–water partition coefficient (Wildman–Crippen LogP) is -0.195. The van der Waals surface area contributed by atoms with Crippen LogP contribution in [0.3, 0.4) is 0 Å². The molecule has 21 heavy (non-hydrogen) atoms. The number of carboxylic acids is 1. The summed E-state index contributed by atoms with van der Waals surface area (Å²) in [5.41, 5.74) is 0. The summed E-state index contributed by atoms with van der Waals surface area (Å²) in [5.74, 6) is -1.71. The molecule has 1 saturated heterocycles. The molecule has 0 aliphatic carbocycles. The third kappa shape index (κ3) is 5.22. The SMILES string of the molecule is COC(=O)CC[C@@H](NC(=O)N1CCC(C(C)O)C1)C(=O)O. The fourth-order valence-electron chi connectivity index (χ4n) is 2.23. The Morgan fingerprint density at radius 1 is 1.43 bits per heavy atom. The van der Waals surface area contributed by atoms with E-state index in [4.69, 9.17) is 5.11 Å². The second kappa shape index (κ2) is 7.82. The summed E-state index contributed by atoms with van der Waals surface area (Å²) in [6.45, 7) is 2.54. The van der Waals surface area contributed by atoms with Crippen LogP contribution in [0, 0.1) is 5.92 Å². The third-order valence-electron chi connectivity index (χ3n) is 3.65. The molecule has 0 bridgehead atoms. The zero-order valence-electron chi connectivity index (χ0n) is 12.2. The molecule has 0 aromatic heterocycles. The Kier molecular flexibility index (Phi) is 6.41. The van der Waals surface area contributed by atoms with E-state index in [0.717, 1.165) is 0 Å². The molecule has 1 fully saturated rings. The number of hydrogen-bond donors (Lipinski definition) is 3. The maximum absolute atomic E-state index is 12.0. The lowest BCUT2D eigenvalue weighted by molar-refractivity contribution is -0.142. The highest BCUT2D eigenvalue weighted by Crippen LogP contribution is 2.19. The van der Waals surface area contributed by atoms with Gasteiger partial charge in [-0.3, -0.25) is 4.79 Å². The molecular weight excluding hydrogens is 280 g/mol. The van der Waals surface area contributed by atoms with Crippen molar-refractivity contribution in [3.05, 3.63) is 0 Å². The number of ether oxygens (including phenoxy) is 1. The van der Waals surface area contributed by atoms with Crippen LogP contribution in [0.4, 0.5) is 4.79 Å². The number of esters is 1. The van der Waals surface area contributed by atoms with E-state index in [2.05, 4.69) is 10.1 Å². The number of nitrogens with one attached hydrogen (secondary N) is 1. The summed E-state index contributed by atoms with van der Waals surface area (Å²) in [7, 11) is 1.22. The van der Waals surface area contributed by atoms with Crippen molar-refractivity contribution in [2.24, 2.45) is 5.92 Å². The summed E-state index contributed by atoms with van der Waals surface area (Å²) in [5, 5.41) is 21.0. The van der Waals surface area contributed by atoms with Crippen LogP contribution in [-0.2, 0) is 14.3 Å². The lowest BCUT2D eigenvalue weighted by Gasteiger charge is -2.21. The molecule has 8 heteroatoms. The quantitative estimate of drug-likeness (QED) is 0.585. The van der Waals surface area contributed by atoms with Crippen LogP contribution >= 0.6 is 0 Å². The van der Waals surface area contributed by atoms with Crippen LogP contribution in [0.25, 0.3) is 0 Å². The van der Waals surface area contributed by atoms with Crippen molar-refractivity contribution >= 4 is 18.0 Å². The minimum absolute atomic E-state index is 0.00842. The fourth-order valence-corrected chi connectivity index (χ4v) is 2.23. The Hall–Kier alpha value is -1.83. The number of methoxy groups -OCH3 is 1. The highest BCUT2D eigenvalue weighted by Gasteiger charge is 2.31. The summed E-state index contributed by atoms with van der Waals surface area (Å²) in [6.07, 6.45) is 0.0774. The summed E-state index contributed by atoms with van der Waals surface area (Å²) < 4.78 is 4.44. The van der Waals surface area contributed by atoms with Gasteiger partial charge >= 0.3 is 18.0 Å². The number of carbonyl (C=O) groups is 3. The average molecular weight is 302 g/mol. The van der Waals surface area contributed by atoms with Gasteiger partial charge < -0.3 is 25.2 Å². The van der Waals surface area contributed by atoms with Gasteiger partial charge in [-0.2, -0.15) is 0 Å². The third-order valence-corrected chi connectivity index (χ3v) is 3.65. The number of aliphatic hydroxyl groups excluding tert-OH is 1. The Balaban J connectivity index is 2.49. The van der Waals surface area contributed by atoms with Crippen LogP contribution in [0.1, 0.15) is 26.2 Å². The van der Waals surface area contributed by atoms with E-state index in [-0.39, 0.29) is 18.8 Å². The number of urea groups is 1. The van der Waals surface area contributed by atoms with Crippen molar-refractivity contribution in [2.45, 2.75) is 38.3 Å². The van der Waals surface area contributed by atoms with E-state index < -0.39 is 30.1 Å². The number of rotatable bonds is 6. The minimum atomic E-state index is -1.20. The molecule has 0 saturated carbocycles. The van der Waals surface area contributed by atoms with Crippen molar-refractivity contribution in [3.63, 3.8) is 0 Å². The van der Waals surface area contributed by atoms with Crippen molar-refractivity contribution in [1.29, 1.82) is 0 Å². The van der Waals surface area contributed by atoms with E-state index in [1.54, 1.807) is 6.92 Å². The van der Waals surface area contributed by atoms with Gasteiger partial charge in [0.1, 0.15) is 6.04 Å². The van der Waals surface area contributed by atoms with Crippen molar-refractivity contribution in [2.75, 3.05) is 20.2 Å². The van der Waals surface area contributed by atoms with Crippen LogP contribution in [0.15, 0.2) is 0 Å². The van der Waals surface area contributed by atoms with Gasteiger partial charge in [0.05, 0.1) is 13.2 Å². The smallest absolute Gasteiger partial charge is 0.326 e. The summed E-state index contributed by atoms with van der Waals surface area (Å²) in [6, 6.07) is -1.63. The molecule has 1 aliphatic heterocycles. The topological polar surface area (TPSA) is 116 Å². The van der Waals surface area contributed by atoms with Crippen molar-refractivity contribution < 1.29 is 29.3 Å². The van der Waals surface area contributed by atoms with E-state index in [9.17, 15) is 19.5 Å². The second-order valence-electron chi connectivity index (χ2n) is 5.19. The highest BCUT2D eigenvalue weighted by molar-refractivity contribution is 5.83. The first kappa shape index (κ1) is 17.2. The van der Waals surface area contributed by atoms with Gasteiger partial charge in [-0.1, -0.05) is 0 Å². The van der Waals surface area contributed by atoms with Gasteiger partial charge in [-0.15, -0.1) is 0 Å². The number of carboxylic acid groups (broad SMARTS) is 1. The van der Waals surface area contributed by atoms with Gasteiger partial charge in [0.25, 0.3) is 0 Å². The molecule has 3 atom stereocenters. The maximum atomic E-state index is 12.0. The molecule has 1 aliphatic rings. The number of carbonyl (C=O) groups excluding carboxylic acids is 2. The van der Waals surface area contributed by atoms with Crippen LogP contribution in [-0.4, -0.2) is 65.4 Å². The molecule has 2 unspecified atom stereocenters. The van der Waals surface area contributed by atoms with Crippen molar-refractivity contribution in [3.8, 4) is 0 Å². The lowest BCUT2D eigenvalue weighted by atomic mass is 10.0. The van der Waals surface area contributed by atoms with E-state index in [0.29, 0.717) is 19.5 Å². The molecule has 1 heterocycles. The number of hydrogen-bond acceptors (Lipinski definition) is 5. The normalized spacial score (nSPS) is 20.7. The lowest BCUT2D eigenvalue weighted by Crippen LogP contribution is -2.47. The molecule has 0 radical (unpaired) electrons. The first-order valence-corrected chi connectivity index (χ1v) is 6.88. The maximum Gasteiger partial charge on any atom is 0.326 e. The monoisotopic (exact) mass is 302 g/mol. The zero-order valence-corrected chi connectivity index (χ0v) is 12.2. The number of amides is 2. The Morgan fingerprint density at radius 3 is 2.57 bits per heavy atom. The van der Waals surface area contributed by atoms with Gasteiger partial charge in [0, 0.05) is 25.4 Å². The number of aliphatic hydroxyl groups is 1. The van der Waals surface area contributed by atoms with Crippen LogP contribution in [0.5, 0.6) is 0 Å². The number of likely N-dealkylation sites (tertiary alicyclic amines) is 1. The zero-order chi connectivity index (χ0) is 16.0. The number of aliphatic carboxylic acids is 1. The summed E-state index contributed by atoms with van der Waals surface area (Å²) >= 11 is 0. The summed E-state index contributed by atoms with van der Waals surface area (Å²) in [4.78, 5) is 35.6. The van der Waals surface area contributed by atoms with Crippen molar-refractivity contribution in [1.82, 2.24) is 10.2 Å². The van der Waals surface area contributed by atoms with E-state index in [1.807, 2.05) is 0 Å². The standard InChI is InChI=1S/C13H22N2O6/c1-8(16)9-5-6-15(7-9)13(20)14-10(12(18)19)3-4-11(17)21-2/h8-10,16H,3-7H2,1-2H3,(H,14,20)(H,18,19)/t8?,9?,10-/m1/s1. The molecule has 0 spiro atoms. The highest BCUT2D eigenvalue weighted by atomic mass is 16.5. The van der Waals surface area contributed by atoms with Crippen LogP contribution in [0.2, 0.25) is 0 Å². The Morgan fingerprint density at radius 2 is 2.10 bits per heavy atom. The first-order valence-electron chi connectivity index (χ1n) is 6.88. The van der Waals surface area contributed by atoms with E-state index in [1.165, 1.54) is 12.0 Å². The molecule has 8 nitrogen and oxygen atoms in total. The predicted molar refractivity (Wildman–Crippen MR) is 72.6 cm³/mol. The fraction of sp³-hybridized carbons (Fsp3) is 0.769. The minimum Gasteiger partial charge on any atom is -0.480 e. The largest absolute Gasteiger partial charge is 0.480 e. The van der Waals surface area contributed by atoms with Gasteiger partial charge in [-0.25, -0.2) is 9.59 Å². The molecule has 120 valence electrons. The molecule has 2 amide bonds. The van der Waals surface area contributed by atoms with Gasteiger partial charge in [0.2, 0.25) is 0 Å². The first-order chi connectivity index (χ1) is 9.85. The number of nitrogens with zero attached hydrogens (tertiary/aromatic N) is 1. The molecule has 0 aromatic carbocycles.